The first-order chi connectivity index (χ1) is 15.7. The van der Waals surface area contributed by atoms with Gasteiger partial charge in [0.05, 0.1) is 17.9 Å². The summed E-state index contributed by atoms with van der Waals surface area (Å²) in [5.41, 5.74) is 1.87. The predicted molar refractivity (Wildman–Crippen MR) is 127 cm³/mol. The van der Waals surface area contributed by atoms with Crippen molar-refractivity contribution in [1.29, 1.82) is 0 Å². The third-order valence-electron chi connectivity index (χ3n) is 6.06. The number of carbonyl (C=O) groups excluding carboxylic acids is 2. The molecule has 4 rings (SSSR count). The fourth-order valence-electron chi connectivity index (χ4n) is 4.72. The number of halogens is 1. The zero-order chi connectivity index (χ0) is 23.7. The Labute approximate surface area is 194 Å². The Morgan fingerprint density at radius 3 is 2.12 bits per heavy atom. The van der Waals surface area contributed by atoms with Crippen LogP contribution in [0.3, 0.4) is 0 Å². The lowest BCUT2D eigenvalue weighted by Crippen LogP contribution is -2.42. The maximum absolute atomic E-state index is 13.6. The lowest BCUT2D eigenvalue weighted by molar-refractivity contribution is -0.120. The Morgan fingerprint density at radius 2 is 1.55 bits per heavy atom. The number of anilines is 1. The Kier molecular flexibility index (Phi) is 6.54. The van der Waals surface area contributed by atoms with Crippen molar-refractivity contribution in [2.24, 2.45) is 17.8 Å². The van der Waals surface area contributed by atoms with Crippen LogP contribution in [-0.4, -0.2) is 36.4 Å². The minimum absolute atomic E-state index is 0.358. The van der Waals surface area contributed by atoms with E-state index in [0.29, 0.717) is 46.9 Å². The minimum Gasteiger partial charge on any atom is -0.493 e. The number of carbonyl (C=O) groups is 2. The van der Waals surface area contributed by atoms with E-state index in [1.165, 1.54) is 24.3 Å². The molecule has 6 heteroatoms. The van der Waals surface area contributed by atoms with Crippen molar-refractivity contribution in [2.75, 3.05) is 24.6 Å². The highest BCUT2D eigenvalue weighted by Gasteiger charge is 2.43. The van der Waals surface area contributed by atoms with Gasteiger partial charge in [0.2, 0.25) is 0 Å². The molecule has 0 radical (unpaired) electrons. The van der Waals surface area contributed by atoms with Crippen LogP contribution in [0.5, 0.6) is 5.75 Å². The molecule has 0 aromatic heterocycles. The first-order valence-corrected chi connectivity index (χ1v) is 11.6. The standard InChI is InChI=1S/C27H31FN2O3/c1-17(2)16-33-23-11-5-20(6-12-23)24-25(29-14-18(3)13-19(4)15-29)27(32)30(26(24)31)22-9-7-21(28)8-10-22/h5-12,17-19H,13-16H2,1-4H3. The second-order valence-corrected chi connectivity index (χ2v) is 9.73. The minimum atomic E-state index is -0.415. The van der Waals surface area contributed by atoms with Crippen molar-refractivity contribution >= 4 is 23.1 Å². The molecule has 33 heavy (non-hydrogen) atoms. The van der Waals surface area contributed by atoms with E-state index < -0.39 is 5.82 Å². The topological polar surface area (TPSA) is 49.9 Å². The second kappa shape index (κ2) is 9.38. The van der Waals surface area contributed by atoms with Crippen molar-refractivity contribution < 1.29 is 18.7 Å². The summed E-state index contributed by atoms with van der Waals surface area (Å²) in [5.74, 6) is 0.796. The summed E-state index contributed by atoms with van der Waals surface area (Å²) in [6.07, 6.45) is 1.09. The maximum atomic E-state index is 13.6. The van der Waals surface area contributed by atoms with Crippen molar-refractivity contribution in [2.45, 2.75) is 34.1 Å². The summed E-state index contributed by atoms with van der Waals surface area (Å²) >= 11 is 0. The van der Waals surface area contributed by atoms with Gasteiger partial charge in [-0.1, -0.05) is 39.8 Å². The summed E-state index contributed by atoms with van der Waals surface area (Å²) < 4.78 is 19.3. The van der Waals surface area contributed by atoms with Gasteiger partial charge in [-0.3, -0.25) is 9.59 Å². The van der Waals surface area contributed by atoms with Gasteiger partial charge in [-0.05, 0) is 66.1 Å². The van der Waals surface area contributed by atoms with Gasteiger partial charge in [-0.15, -0.1) is 0 Å². The Balaban J connectivity index is 1.74. The van der Waals surface area contributed by atoms with E-state index in [-0.39, 0.29) is 11.8 Å². The van der Waals surface area contributed by atoms with Gasteiger partial charge in [0, 0.05) is 13.1 Å². The van der Waals surface area contributed by atoms with E-state index in [4.69, 9.17) is 4.74 Å². The van der Waals surface area contributed by atoms with Crippen LogP contribution < -0.4 is 9.64 Å². The lowest BCUT2D eigenvalue weighted by atomic mass is 9.91. The molecule has 0 aliphatic carbocycles. The molecule has 2 amide bonds. The summed E-state index contributed by atoms with van der Waals surface area (Å²) in [6.45, 7) is 10.5. The number of piperidine rings is 1. The molecule has 2 atom stereocenters. The maximum Gasteiger partial charge on any atom is 0.282 e. The van der Waals surface area contributed by atoms with Crippen LogP contribution in [0, 0.1) is 23.6 Å². The monoisotopic (exact) mass is 450 g/mol. The van der Waals surface area contributed by atoms with Crippen LogP contribution in [0.15, 0.2) is 54.2 Å². The van der Waals surface area contributed by atoms with Gasteiger partial charge in [-0.25, -0.2) is 9.29 Å². The molecule has 2 unspecified atom stereocenters. The summed E-state index contributed by atoms with van der Waals surface area (Å²) in [7, 11) is 0. The van der Waals surface area contributed by atoms with Crippen LogP contribution in [0.4, 0.5) is 10.1 Å². The van der Waals surface area contributed by atoms with Crippen molar-refractivity contribution in [1.82, 2.24) is 4.90 Å². The average molecular weight is 451 g/mol. The fraction of sp³-hybridized carbons (Fsp3) is 0.407. The number of hydrogen-bond acceptors (Lipinski definition) is 4. The van der Waals surface area contributed by atoms with E-state index in [2.05, 4.69) is 32.6 Å². The molecule has 174 valence electrons. The quantitative estimate of drug-likeness (QED) is 0.573. The Bertz CT molecular complexity index is 1050. The first-order valence-electron chi connectivity index (χ1n) is 11.6. The molecule has 0 N–H and O–H groups in total. The molecule has 2 aliphatic heterocycles. The van der Waals surface area contributed by atoms with Crippen LogP contribution >= 0.6 is 0 Å². The van der Waals surface area contributed by atoms with Crippen molar-refractivity contribution in [3.8, 4) is 5.75 Å². The molecule has 2 aliphatic rings. The molecule has 2 aromatic carbocycles. The largest absolute Gasteiger partial charge is 0.493 e. The molecular formula is C27H31FN2O3. The van der Waals surface area contributed by atoms with Crippen LogP contribution in [-0.2, 0) is 9.59 Å². The number of nitrogens with zero attached hydrogens (tertiary/aromatic N) is 2. The molecule has 0 bridgehead atoms. The van der Waals surface area contributed by atoms with Crippen LogP contribution in [0.2, 0.25) is 0 Å². The van der Waals surface area contributed by atoms with E-state index in [1.807, 2.05) is 24.3 Å². The first kappa shape index (κ1) is 23.0. The molecule has 2 heterocycles. The lowest BCUT2D eigenvalue weighted by Gasteiger charge is -2.37. The SMILES string of the molecule is CC(C)COc1ccc(C2=C(N3CC(C)CC(C)C3)C(=O)N(c3ccc(F)cc3)C2=O)cc1. The molecule has 2 aromatic rings. The Morgan fingerprint density at radius 1 is 0.939 bits per heavy atom. The van der Waals surface area contributed by atoms with Crippen LogP contribution in [0.1, 0.15) is 39.7 Å². The molecule has 5 nitrogen and oxygen atoms in total. The van der Waals surface area contributed by atoms with E-state index in [0.717, 1.165) is 30.2 Å². The number of benzene rings is 2. The predicted octanol–water partition coefficient (Wildman–Crippen LogP) is 5.12. The molecular weight excluding hydrogens is 419 g/mol. The third kappa shape index (κ3) is 4.80. The number of likely N-dealkylation sites (tertiary alicyclic amines) is 1. The van der Waals surface area contributed by atoms with Gasteiger partial charge >= 0.3 is 0 Å². The zero-order valence-corrected chi connectivity index (χ0v) is 19.7. The average Bonchev–Trinajstić information content (AvgIpc) is 3.03. The van der Waals surface area contributed by atoms with Gasteiger partial charge in [0.15, 0.2) is 0 Å². The van der Waals surface area contributed by atoms with Gasteiger partial charge in [-0.2, -0.15) is 0 Å². The van der Waals surface area contributed by atoms with E-state index in [9.17, 15) is 14.0 Å². The molecule has 1 fully saturated rings. The normalized spacial score (nSPS) is 21.4. The number of imide groups is 1. The van der Waals surface area contributed by atoms with Gasteiger partial charge in [0.25, 0.3) is 11.8 Å². The van der Waals surface area contributed by atoms with Crippen molar-refractivity contribution in [3.05, 3.63) is 65.6 Å². The molecule has 0 saturated carbocycles. The van der Waals surface area contributed by atoms with E-state index in [1.54, 1.807) is 0 Å². The second-order valence-electron chi connectivity index (χ2n) is 9.73. The number of hydrogen-bond donors (Lipinski definition) is 0. The summed E-state index contributed by atoms with van der Waals surface area (Å²) in [6, 6.07) is 12.8. The van der Waals surface area contributed by atoms with Crippen LogP contribution in [0.25, 0.3) is 5.57 Å². The summed E-state index contributed by atoms with van der Waals surface area (Å²) in [5, 5.41) is 0. The fourth-order valence-corrected chi connectivity index (χ4v) is 4.72. The third-order valence-corrected chi connectivity index (χ3v) is 6.06. The van der Waals surface area contributed by atoms with Gasteiger partial charge < -0.3 is 9.64 Å². The molecule has 1 saturated heterocycles. The number of amides is 2. The zero-order valence-electron chi connectivity index (χ0n) is 19.7. The highest BCUT2D eigenvalue weighted by Crippen LogP contribution is 2.37. The number of ether oxygens (including phenoxy) is 1. The summed E-state index contributed by atoms with van der Waals surface area (Å²) in [4.78, 5) is 30.5. The van der Waals surface area contributed by atoms with Crippen molar-refractivity contribution in [3.63, 3.8) is 0 Å². The smallest absolute Gasteiger partial charge is 0.282 e. The highest BCUT2D eigenvalue weighted by molar-refractivity contribution is 6.45. The van der Waals surface area contributed by atoms with E-state index >= 15 is 0 Å². The Hall–Kier alpha value is -3.15. The van der Waals surface area contributed by atoms with Gasteiger partial charge in [0.1, 0.15) is 17.3 Å². The highest BCUT2D eigenvalue weighted by atomic mass is 19.1. The number of rotatable bonds is 6. The molecule has 0 spiro atoms.